The first kappa shape index (κ1) is 22.5. The van der Waals surface area contributed by atoms with Gasteiger partial charge in [-0.05, 0) is 51.9 Å². The summed E-state index contributed by atoms with van der Waals surface area (Å²) < 4.78 is 13.3. The molecule has 3 heterocycles. The van der Waals surface area contributed by atoms with Gasteiger partial charge in [0.1, 0.15) is 6.33 Å². The number of hydrogen-bond acceptors (Lipinski definition) is 9. The quantitative estimate of drug-likeness (QED) is 0.492. The van der Waals surface area contributed by atoms with Gasteiger partial charge in [0.2, 0.25) is 6.79 Å². The van der Waals surface area contributed by atoms with Gasteiger partial charge in [-0.15, -0.1) is 0 Å². The maximum Gasteiger partial charge on any atom is 0.231 e. The predicted molar refractivity (Wildman–Crippen MR) is 128 cm³/mol. The Morgan fingerprint density at radius 3 is 2.62 bits per heavy atom. The fourth-order valence-electron chi connectivity index (χ4n) is 3.51. The van der Waals surface area contributed by atoms with Crippen LogP contribution >= 0.6 is 11.8 Å². The van der Waals surface area contributed by atoms with Crippen molar-refractivity contribution in [2.24, 2.45) is 0 Å². The molecule has 0 bridgehead atoms. The van der Waals surface area contributed by atoms with Gasteiger partial charge in [0.15, 0.2) is 33.6 Å². The van der Waals surface area contributed by atoms with Gasteiger partial charge < -0.3 is 30.0 Å². The molecule has 3 N–H and O–H groups in total. The SMILES string of the molecule is CN(C)c1cc2c(cc1Sc1nc3c(N)ncnc3n1CCCCNC(C)(C)C)OCO2. The summed E-state index contributed by atoms with van der Waals surface area (Å²) in [4.78, 5) is 16.5. The predicted octanol–water partition coefficient (Wildman–Crippen LogP) is 3.52. The Hall–Kier alpha value is -2.72. The Bertz CT molecular complexity index is 1110. The first-order valence-corrected chi connectivity index (χ1v) is 11.5. The molecule has 32 heavy (non-hydrogen) atoms. The lowest BCUT2D eigenvalue weighted by molar-refractivity contribution is 0.174. The van der Waals surface area contributed by atoms with Gasteiger partial charge in [0, 0.05) is 43.2 Å². The zero-order valence-corrected chi connectivity index (χ0v) is 20.1. The number of nitrogen functional groups attached to an aromatic ring is 1. The fraction of sp³-hybridized carbons (Fsp3) is 0.500. The average molecular weight is 458 g/mol. The summed E-state index contributed by atoms with van der Waals surface area (Å²) in [6.07, 6.45) is 3.54. The zero-order valence-electron chi connectivity index (χ0n) is 19.3. The molecule has 2 aromatic heterocycles. The van der Waals surface area contributed by atoms with Crippen LogP contribution in [0.15, 0.2) is 28.5 Å². The van der Waals surface area contributed by atoms with Crippen LogP contribution < -0.4 is 25.4 Å². The van der Waals surface area contributed by atoms with E-state index in [1.54, 1.807) is 11.8 Å². The monoisotopic (exact) mass is 457 g/mol. The zero-order chi connectivity index (χ0) is 22.9. The number of nitrogens with one attached hydrogen (secondary N) is 1. The van der Waals surface area contributed by atoms with Crippen molar-refractivity contribution in [1.82, 2.24) is 24.8 Å². The molecule has 0 amide bonds. The van der Waals surface area contributed by atoms with Crippen molar-refractivity contribution in [1.29, 1.82) is 0 Å². The van der Waals surface area contributed by atoms with Crippen LogP contribution in [-0.4, -0.2) is 52.5 Å². The van der Waals surface area contributed by atoms with Crippen molar-refractivity contribution in [3.63, 3.8) is 0 Å². The lowest BCUT2D eigenvalue weighted by Crippen LogP contribution is -2.36. The maximum absolute atomic E-state index is 6.12. The normalized spacial score (nSPS) is 13.2. The second kappa shape index (κ2) is 9.03. The molecule has 0 spiro atoms. The third-order valence-corrected chi connectivity index (χ3v) is 6.17. The summed E-state index contributed by atoms with van der Waals surface area (Å²) in [7, 11) is 4.02. The minimum Gasteiger partial charge on any atom is -0.454 e. The molecule has 3 aromatic rings. The van der Waals surface area contributed by atoms with Gasteiger partial charge in [0.05, 0.1) is 5.69 Å². The van der Waals surface area contributed by atoms with E-state index in [0.29, 0.717) is 11.3 Å². The van der Waals surface area contributed by atoms with Crippen molar-refractivity contribution in [2.75, 3.05) is 38.1 Å². The van der Waals surface area contributed by atoms with Crippen LogP contribution in [0, 0.1) is 0 Å². The minimum atomic E-state index is 0.117. The lowest BCUT2D eigenvalue weighted by Gasteiger charge is -2.20. The highest BCUT2D eigenvalue weighted by Crippen LogP contribution is 2.44. The number of nitrogens with zero attached hydrogens (tertiary/aromatic N) is 5. The summed E-state index contributed by atoms with van der Waals surface area (Å²) in [5, 5.41) is 4.37. The van der Waals surface area contributed by atoms with Gasteiger partial charge >= 0.3 is 0 Å². The number of benzene rings is 1. The highest BCUT2D eigenvalue weighted by atomic mass is 32.2. The molecule has 0 atom stereocenters. The first-order chi connectivity index (χ1) is 15.2. The molecule has 9 nitrogen and oxygen atoms in total. The van der Waals surface area contributed by atoms with Gasteiger partial charge in [0.25, 0.3) is 0 Å². The van der Waals surface area contributed by atoms with E-state index in [1.807, 2.05) is 26.2 Å². The van der Waals surface area contributed by atoms with Crippen molar-refractivity contribution >= 4 is 34.4 Å². The van der Waals surface area contributed by atoms with Gasteiger partial charge in [-0.2, -0.15) is 0 Å². The Morgan fingerprint density at radius 2 is 1.91 bits per heavy atom. The van der Waals surface area contributed by atoms with E-state index in [2.05, 4.69) is 45.5 Å². The Kier molecular flexibility index (Phi) is 6.34. The van der Waals surface area contributed by atoms with E-state index in [9.17, 15) is 0 Å². The number of ether oxygens (including phenoxy) is 2. The summed E-state index contributed by atoms with van der Waals surface area (Å²) in [6, 6.07) is 4.01. The van der Waals surface area contributed by atoms with Crippen molar-refractivity contribution < 1.29 is 9.47 Å². The van der Waals surface area contributed by atoms with Crippen LogP contribution in [0.5, 0.6) is 11.5 Å². The third kappa shape index (κ3) is 4.86. The molecule has 0 radical (unpaired) electrons. The van der Waals surface area contributed by atoms with E-state index in [-0.39, 0.29) is 12.3 Å². The molecular weight excluding hydrogens is 426 g/mol. The van der Waals surface area contributed by atoms with Crippen LogP contribution in [0.1, 0.15) is 33.6 Å². The number of fused-ring (bicyclic) bond motifs is 2. The molecule has 4 rings (SSSR count). The van der Waals surface area contributed by atoms with E-state index in [4.69, 9.17) is 20.2 Å². The number of imidazole rings is 1. The number of nitrogens with two attached hydrogens (primary N) is 1. The third-order valence-electron chi connectivity index (χ3n) is 5.13. The number of aromatic nitrogens is 4. The molecular formula is C22H31N7O2S. The molecule has 0 fully saturated rings. The summed E-state index contributed by atoms with van der Waals surface area (Å²) in [6.45, 7) is 8.53. The molecule has 0 saturated carbocycles. The van der Waals surface area contributed by atoms with Crippen LogP contribution in [0.4, 0.5) is 11.5 Å². The number of rotatable bonds is 8. The second-order valence-corrected chi connectivity index (χ2v) is 10.0. The largest absolute Gasteiger partial charge is 0.454 e. The molecule has 0 saturated heterocycles. The Balaban J connectivity index is 1.63. The van der Waals surface area contributed by atoms with Gasteiger partial charge in [-0.25, -0.2) is 15.0 Å². The number of unbranched alkanes of at least 4 members (excludes halogenated alkanes) is 1. The highest BCUT2D eigenvalue weighted by Gasteiger charge is 2.22. The van der Waals surface area contributed by atoms with Gasteiger partial charge in [-0.1, -0.05) is 0 Å². The van der Waals surface area contributed by atoms with Crippen LogP contribution in [-0.2, 0) is 6.54 Å². The van der Waals surface area contributed by atoms with E-state index in [0.717, 1.165) is 58.8 Å². The highest BCUT2D eigenvalue weighted by molar-refractivity contribution is 7.99. The van der Waals surface area contributed by atoms with Gasteiger partial charge in [-0.3, -0.25) is 0 Å². The van der Waals surface area contributed by atoms with E-state index >= 15 is 0 Å². The molecule has 1 aromatic carbocycles. The number of anilines is 2. The van der Waals surface area contributed by atoms with Crippen LogP contribution in [0.2, 0.25) is 0 Å². The van der Waals surface area contributed by atoms with Crippen molar-refractivity contribution in [2.45, 2.75) is 55.7 Å². The topological polar surface area (TPSA) is 103 Å². The lowest BCUT2D eigenvalue weighted by atomic mass is 10.1. The molecule has 10 heteroatoms. The molecule has 0 unspecified atom stereocenters. The van der Waals surface area contributed by atoms with Crippen LogP contribution in [0.3, 0.4) is 0 Å². The first-order valence-electron chi connectivity index (χ1n) is 10.7. The van der Waals surface area contributed by atoms with Crippen LogP contribution in [0.25, 0.3) is 11.2 Å². The number of hydrogen-bond donors (Lipinski definition) is 2. The Morgan fingerprint density at radius 1 is 1.16 bits per heavy atom. The van der Waals surface area contributed by atoms with E-state index in [1.165, 1.54) is 6.33 Å². The number of aryl methyl sites for hydroxylation is 1. The fourth-order valence-corrected chi connectivity index (χ4v) is 4.65. The Labute approximate surface area is 192 Å². The standard InChI is InChI=1S/C22H31N7O2S/c1-22(2,3)26-8-6-7-9-29-20-18(19(23)24-12-25-20)27-21(29)32-17-11-16-15(30-13-31-16)10-14(17)28(4)5/h10-12,26H,6-9,13H2,1-5H3,(H2,23,24,25). The average Bonchev–Trinajstić information content (AvgIpc) is 3.31. The maximum atomic E-state index is 6.12. The summed E-state index contributed by atoms with van der Waals surface area (Å²) in [5.74, 6) is 1.89. The van der Waals surface area contributed by atoms with Crippen molar-refractivity contribution in [3.05, 3.63) is 18.5 Å². The molecule has 0 aliphatic carbocycles. The summed E-state index contributed by atoms with van der Waals surface area (Å²) >= 11 is 1.57. The molecule has 1 aliphatic heterocycles. The van der Waals surface area contributed by atoms with Crippen molar-refractivity contribution in [3.8, 4) is 11.5 Å². The molecule has 1 aliphatic rings. The smallest absolute Gasteiger partial charge is 0.231 e. The second-order valence-electron chi connectivity index (χ2n) is 9.03. The summed E-state index contributed by atoms with van der Waals surface area (Å²) in [5.41, 5.74) is 8.66. The molecule has 172 valence electrons. The minimum absolute atomic E-state index is 0.117. The van der Waals surface area contributed by atoms with E-state index < -0.39 is 0 Å².